The molecule has 1 aliphatic rings. The second-order valence-corrected chi connectivity index (χ2v) is 5.82. The van der Waals surface area contributed by atoms with Crippen molar-refractivity contribution in [3.8, 4) is 5.75 Å². The zero-order valence-electron chi connectivity index (χ0n) is 10.5. The van der Waals surface area contributed by atoms with E-state index >= 15 is 0 Å². The maximum atomic E-state index is 10.4. The van der Waals surface area contributed by atoms with Crippen LogP contribution in [0.5, 0.6) is 5.75 Å². The van der Waals surface area contributed by atoms with Gasteiger partial charge in [0, 0.05) is 22.5 Å². The molecule has 17 heavy (non-hydrogen) atoms. The predicted octanol–water partition coefficient (Wildman–Crippen LogP) is 3.55. The summed E-state index contributed by atoms with van der Waals surface area (Å²) in [5.74, 6) is 0.664. The van der Waals surface area contributed by atoms with E-state index in [0.29, 0.717) is 17.3 Å². The second kappa shape index (κ2) is 4.51. The highest BCUT2D eigenvalue weighted by atomic mass is 35.5. The lowest BCUT2D eigenvalue weighted by Crippen LogP contribution is -2.41. The van der Waals surface area contributed by atoms with E-state index in [-0.39, 0.29) is 11.3 Å². The quantitative estimate of drug-likeness (QED) is 0.865. The summed E-state index contributed by atoms with van der Waals surface area (Å²) in [5.41, 5.74) is 7.72. The molecule has 0 atom stereocenters. The summed E-state index contributed by atoms with van der Waals surface area (Å²) in [7, 11) is 0. The summed E-state index contributed by atoms with van der Waals surface area (Å²) in [6, 6.07) is 3.74. The lowest BCUT2D eigenvalue weighted by atomic mass is 9.64. The van der Waals surface area contributed by atoms with Crippen LogP contribution < -0.4 is 5.73 Å². The molecule has 0 heterocycles. The number of halogens is 1. The van der Waals surface area contributed by atoms with Crippen LogP contribution in [0.2, 0.25) is 5.02 Å². The minimum atomic E-state index is -0.0430. The first-order valence-corrected chi connectivity index (χ1v) is 6.61. The molecular formula is C14H20ClNO. The zero-order valence-corrected chi connectivity index (χ0v) is 11.2. The molecule has 0 aliphatic heterocycles. The Kier molecular flexibility index (Phi) is 3.37. The van der Waals surface area contributed by atoms with Gasteiger partial charge in [0.15, 0.2) is 0 Å². The molecule has 3 heteroatoms. The first-order chi connectivity index (χ1) is 8.00. The van der Waals surface area contributed by atoms with Crippen molar-refractivity contribution in [2.24, 2.45) is 5.73 Å². The topological polar surface area (TPSA) is 46.2 Å². The lowest BCUT2D eigenvalue weighted by Gasteiger charge is -2.42. The maximum Gasteiger partial charge on any atom is 0.122 e. The Morgan fingerprint density at radius 2 is 2.06 bits per heavy atom. The highest BCUT2D eigenvalue weighted by molar-refractivity contribution is 6.30. The summed E-state index contributed by atoms with van der Waals surface area (Å²) in [5, 5.41) is 11.1. The minimum absolute atomic E-state index is 0.0430. The third-order valence-electron chi connectivity index (χ3n) is 4.00. The van der Waals surface area contributed by atoms with E-state index < -0.39 is 0 Å². The molecule has 2 rings (SSSR count). The van der Waals surface area contributed by atoms with Crippen LogP contribution in [0.1, 0.15) is 50.2 Å². The summed E-state index contributed by atoms with van der Waals surface area (Å²) in [6.45, 7) is 4.70. The Balaban J connectivity index is 2.54. The van der Waals surface area contributed by atoms with Crippen molar-refractivity contribution in [2.45, 2.75) is 44.4 Å². The molecule has 0 amide bonds. The summed E-state index contributed by atoms with van der Waals surface area (Å²) in [6.07, 6.45) is 3.28. The highest BCUT2D eigenvalue weighted by Crippen LogP contribution is 2.48. The van der Waals surface area contributed by atoms with Crippen molar-refractivity contribution in [1.29, 1.82) is 0 Å². The SMILES string of the molecule is CC(C)c1cc(Cl)cc(C2(CN)CCC2)c1O. The number of phenols is 1. The number of nitrogens with two attached hydrogens (primary N) is 1. The molecule has 0 saturated heterocycles. The largest absolute Gasteiger partial charge is 0.507 e. The van der Waals surface area contributed by atoms with Gasteiger partial charge in [0.1, 0.15) is 5.75 Å². The Hall–Kier alpha value is -0.730. The average molecular weight is 254 g/mol. The molecule has 0 unspecified atom stereocenters. The molecule has 1 aliphatic carbocycles. The first-order valence-electron chi connectivity index (χ1n) is 6.23. The van der Waals surface area contributed by atoms with E-state index in [1.54, 1.807) is 0 Å². The van der Waals surface area contributed by atoms with Crippen molar-refractivity contribution in [2.75, 3.05) is 6.54 Å². The van der Waals surface area contributed by atoms with Crippen LogP contribution in [-0.4, -0.2) is 11.7 Å². The number of aromatic hydroxyl groups is 1. The fraction of sp³-hybridized carbons (Fsp3) is 0.571. The molecule has 2 nitrogen and oxygen atoms in total. The molecule has 94 valence electrons. The van der Waals surface area contributed by atoms with E-state index in [0.717, 1.165) is 24.0 Å². The zero-order chi connectivity index (χ0) is 12.6. The molecule has 1 fully saturated rings. The van der Waals surface area contributed by atoms with Crippen LogP contribution in [0.25, 0.3) is 0 Å². The van der Waals surface area contributed by atoms with Gasteiger partial charge >= 0.3 is 0 Å². The van der Waals surface area contributed by atoms with Gasteiger partial charge in [0.2, 0.25) is 0 Å². The van der Waals surface area contributed by atoms with Crippen LogP contribution in [0.4, 0.5) is 0 Å². The Morgan fingerprint density at radius 3 is 2.47 bits per heavy atom. The number of benzene rings is 1. The molecule has 0 aromatic heterocycles. The van der Waals surface area contributed by atoms with Gasteiger partial charge in [-0.2, -0.15) is 0 Å². The van der Waals surface area contributed by atoms with E-state index in [4.69, 9.17) is 17.3 Å². The first kappa shape index (κ1) is 12.7. The summed E-state index contributed by atoms with van der Waals surface area (Å²) in [4.78, 5) is 0. The molecule has 0 spiro atoms. The molecule has 1 saturated carbocycles. The normalized spacial score (nSPS) is 18.2. The van der Waals surface area contributed by atoms with Crippen molar-refractivity contribution in [3.63, 3.8) is 0 Å². The third-order valence-corrected chi connectivity index (χ3v) is 4.22. The number of hydrogen-bond donors (Lipinski definition) is 2. The predicted molar refractivity (Wildman–Crippen MR) is 71.8 cm³/mol. The monoisotopic (exact) mass is 253 g/mol. The van der Waals surface area contributed by atoms with E-state index in [1.807, 2.05) is 12.1 Å². The smallest absolute Gasteiger partial charge is 0.122 e. The van der Waals surface area contributed by atoms with Crippen molar-refractivity contribution >= 4 is 11.6 Å². The van der Waals surface area contributed by atoms with E-state index in [2.05, 4.69) is 13.8 Å². The highest BCUT2D eigenvalue weighted by Gasteiger charge is 2.40. The Labute approximate surface area is 108 Å². The van der Waals surface area contributed by atoms with Crippen LogP contribution >= 0.6 is 11.6 Å². The molecule has 0 radical (unpaired) electrons. The minimum Gasteiger partial charge on any atom is -0.507 e. The van der Waals surface area contributed by atoms with E-state index in [1.165, 1.54) is 6.42 Å². The molecule has 3 N–H and O–H groups in total. The molecule has 1 aromatic rings. The summed E-state index contributed by atoms with van der Waals surface area (Å²) >= 11 is 6.16. The maximum absolute atomic E-state index is 10.4. The van der Waals surface area contributed by atoms with Crippen LogP contribution in [0.15, 0.2) is 12.1 Å². The van der Waals surface area contributed by atoms with Gasteiger partial charge < -0.3 is 10.8 Å². The molecular weight excluding hydrogens is 234 g/mol. The van der Waals surface area contributed by atoms with Gasteiger partial charge in [-0.3, -0.25) is 0 Å². The van der Waals surface area contributed by atoms with Crippen molar-refractivity contribution in [3.05, 3.63) is 28.3 Å². The number of rotatable bonds is 3. The standard InChI is InChI=1S/C14H20ClNO/c1-9(2)11-6-10(15)7-12(13(11)17)14(8-16)4-3-5-14/h6-7,9,17H,3-5,8,16H2,1-2H3. The Morgan fingerprint density at radius 1 is 1.41 bits per heavy atom. The molecule has 1 aromatic carbocycles. The van der Waals surface area contributed by atoms with Gasteiger partial charge in [-0.25, -0.2) is 0 Å². The second-order valence-electron chi connectivity index (χ2n) is 5.38. The Bertz CT molecular complexity index is 419. The van der Waals surface area contributed by atoms with Crippen molar-refractivity contribution < 1.29 is 5.11 Å². The number of hydrogen-bond acceptors (Lipinski definition) is 2. The van der Waals surface area contributed by atoms with E-state index in [9.17, 15) is 5.11 Å². The van der Waals surface area contributed by atoms with Gasteiger partial charge in [0.25, 0.3) is 0 Å². The van der Waals surface area contributed by atoms with Gasteiger partial charge in [-0.15, -0.1) is 0 Å². The third kappa shape index (κ3) is 2.04. The van der Waals surface area contributed by atoms with Crippen LogP contribution in [-0.2, 0) is 5.41 Å². The van der Waals surface area contributed by atoms with Gasteiger partial charge in [-0.1, -0.05) is 31.9 Å². The van der Waals surface area contributed by atoms with Crippen molar-refractivity contribution in [1.82, 2.24) is 0 Å². The fourth-order valence-electron chi connectivity index (χ4n) is 2.65. The molecule has 0 bridgehead atoms. The van der Waals surface area contributed by atoms with Crippen LogP contribution in [0, 0.1) is 0 Å². The van der Waals surface area contributed by atoms with Crippen LogP contribution in [0.3, 0.4) is 0 Å². The number of phenolic OH excluding ortho intramolecular Hbond substituents is 1. The van der Waals surface area contributed by atoms with Gasteiger partial charge in [0.05, 0.1) is 0 Å². The fourth-order valence-corrected chi connectivity index (χ4v) is 2.88. The average Bonchev–Trinajstić information content (AvgIpc) is 2.21. The van der Waals surface area contributed by atoms with Gasteiger partial charge in [-0.05, 0) is 36.5 Å². The summed E-state index contributed by atoms with van der Waals surface area (Å²) < 4.78 is 0. The lowest BCUT2D eigenvalue weighted by molar-refractivity contribution is 0.244.